The van der Waals surface area contributed by atoms with Crippen LogP contribution in [0, 0.1) is 0 Å². The van der Waals surface area contributed by atoms with E-state index in [0.717, 1.165) is 17.7 Å². The molecule has 2 aromatic carbocycles. The number of amides is 1. The van der Waals surface area contributed by atoms with Crippen molar-refractivity contribution in [1.29, 1.82) is 0 Å². The van der Waals surface area contributed by atoms with E-state index in [-0.39, 0.29) is 18.3 Å². The lowest BCUT2D eigenvalue weighted by molar-refractivity contribution is -0.137. The first-order valence-electron chi connectivity index (χ1n) is 7.57. The normalized spacial score (nSPS) is 11.5. The van der Waals surface area contributed by atoms with Gasteiger partial charge in [-0.2, -0.15) is 13.2 Å². The lowest BCUT2D eigenvalue weighted by Gasteiger charge is -2.17. The number of carbonyl (C=O) groups is 1. The van der Waals surface area contributed by atoms with Gasteiger partial charge in [0.05, 0.1) is 11.1 Å². The van der Waals surface area contributed by atoms with Crippen LogP contribution in [-0.2, 0) is 17.5 Å². The van der Waals surface area contributed by atoms with Crippen LogP contribution in [0.25, 0.3) is 0 Å². The minimum atomic E-state index is -4.37. The molecule has 0 unspecified atom stereocenters. The predicted molar refractivity (Wildman–Crippen MR) is 95.3 cm³/mol. The van der Waals surface area contributed by atoms with Crippen molar-refractivity contribution in [2.24, 2.45) is 5.73 Å². The number of rotatable bonds is 5. The number of hydrogen-bond acceptors (Lipinski definition) is 3. The minimum Gasteiger partial charge on any atom is -0.457 e. The molecule has 0 spiro atoms. The second-order valence-corrected chi connectivity index (χ2v) is 6.17. The second-order valence-electron chi connectivity index (χ2n) is 6.17. The first-order valence-corrected chi connectivity index (χ1v) is 7.57. The van der Waals surface area contributed by atoms with Crippen LogP contribution in [0.1, 0.15) is 25.0 Å². The molecule has 2 rings (SSSR count). The molecule has 1 amide bonds. The molecule has 0 fully saturated rings. The Labute approximate surface area is 155 Å². The number of halogens is 4. The standard InChI is InChI=1S/C18H19F3N2O2.ClH/c1-17(2,22)16(24)23-11-12-3-7-14(8-4-12)25-15-9-5-13(6-10-15)18(19,20)21;/h3-10H,11,22H2,1-2H3,(H,23,24);1H. The molecule has 0 heterocycles. The number of alkyl halides is 3. The predicted octanol–water partition coefficient (Wildman–Crippen LogP) is 4.27. The van der Waals surface area contributed by atoms with Crippen LogP contribution in [0.5, 0.6) is 11.5 Å². The fraction of sp³-hybridized carbons (Fsp3) is 0.278. The number of ether oxygens (including phenoxy) is 1. The Kier molecular flexibility index (Phi) is 7.06. The highest BCUT2D eigenvalue weighted by atomic mass is 35.5. The van der Waals surface area contributed by atoms with Crippen LogP contribution in [0.3, 0.4) is 0 Å². The van der Waals surface area contributed by atoms with E-state index in [0.29, 0.717) is 18.0 Å². The van der Waals surface area contributed by atoms with Crippen LogP contribution in [0.2, 0.25) is 0 Å². The third kappa shape index (κ3) is 6.24. The number of carbonyl (C=O) groups excluding carboxylic acids is 1. The van der Waals surface area contributed by atoms with E-state index in [1.165, 1.54) is 12.1 Å². The third-order valence-corrected chi connectivity index (χ3v) is 3.38. The van der Waals surface area contributed by atoms with Crippen LogP contribution in [0.15, 0.2) is 48.5 Å². The Hall–Kier alpha value is -2.25. The zero-order valence-corrected chi connectivity index (χ0v) is 15.1. The maximum atomic E-state index is 12.5. The number of hydrogen-bond donors (Lipinski definition) is 2. The average molecular weight is 389 g/mol. The lowest BCUT2D eigenvalue weighted by Crippen LogP contribution is -2.48. The summed E-state index contributed by atoms with van der Waals surface area (Å²) in [4.78, 5) is 11.7. The van der Waals surface area contributed by atoms with Crippen LogP contribution >= 0.6 is 12.4 Å². The van der Waals surface area contributed by atoms with Gasteiger partial charge in [0.2, 0.25) is 5.91 Å². The minimum absolute atomic E-state index is 0. The summed E-state index contributed by atoms with van der Waals surface area (Å²) in [5, 5.41) is 2.72. The zero-order chi connectivity index (χ0) is 18.7. The van der Waals surface area contributed by atoms with Crippen molar-refractivity contribution in [2.45, 2.75) is 32.1 Å². The summed E-state index contributed by atoms with van der Waals surface area (Å²) >= 11 is 0. The largest absolute Gasteiger partial charge is 0.457 e. The molecule has 3 N–H and O–H groups in total. The van der Waals surface area contributed by atoms with Gasteiger partial charge in [0.1, 0.15) is 11.5 Å². The maximum absolute atomic E-state index is 12.5. The summed E-state index contributed by atoms with van der Waals surface area (Å²) in [5.41, 5.74) is 4.85. The van der Waals surface area contributed by atoms with E-state index < -0.39 is 17.3 Å². The SMILES string of the molecule is CC(C)(N)C(=O)NCc1ccc(Oc2ccc(C(F)(F)F)cc2)cc1.Cl. The molecule has 0 atom stereocenters. The Morgan fingerprint density at radius 3 is 1.88 bits per heavy atom. The Bertz CT molecular complexity index is 724. The Morgan fingerprint density at radius 2 is 1.46 bits per heavy atom. The quantitative estimate of drug-likeness (QED) is 0.803. The number of nitrogens with two attached hydrogens (primary N) is 1. The van der Waals surface area contributed by atoms with Gasteiger partial charge >= 0.3 is 6.18 Å². The molecule has 0 saturated heterocycles. The molecule has 0 aliphatic carbocycles. The summed E-state index contributed by atoms with van der Waals surface area (Å²) in [5.74, 6) is 0.519. The van der Waals surface area contributed by atoms with Crippen molar-refractivity contribution in [3.63, 3.8) is 0 Å². The van der Waals surface area contributed by atoms with E-state index in [9.17, 15) is 18.0 Å². The Morgan fingerprint density at radius 1 is 1.00 bits per heavy atom. The van der Waals surface area contributed by atoms with Gasteiger partial charge in [-0.05, 0) is 55.8 Å². The molecular weight excluding hydrogens is 369 g/mol. The van der Waals surface area contributed by atoms with Gasteiger partial charge in [-0.1, -0.05) is 12.1 Å². The molecule has 0 radical (unpaired) electrons. The summed E-state index contributed by atoms with van der Waals surface area (Å²) in [7, 11) is 0. The van der Waals surface area contributed by atoms with Crippen molar-refractivity contribution in [2.75, 3.05) is 0 Å². The molecular formula is C18H20ClF3N2O2. The van der Waals surface area contributed by atoms with Gasteiger partial charge in [-0.25, -0.2) is 0 Å². The van der Waals surface area contributed by atoms with E-state index in [4.69, 9.17) is 10.5 Å². The first kappa shape index (κ1) is 21.8. The molecule has 0 aliphatic heterocycles. The monoisotopic (exact) mass is 388 g/mol. The highest BCUT2D eigenvalue weighted by Gasteiger charge is 2.30. The second kappa shape index (κ2) is 8.42. The molecule has 0 bridgehead atoms. The molecule has 142 valence electrons. The maximum Gasteiger partial charge on any atom is 0.416 e. The summed E-state index contributed by atoms with van der Waals surface area (Å²) < 4.78 is 43.1. The molecule has 2 aromatic rings. The zero-order valence-electron chi connectivity index (χ0n) is 14.3. The molecule has 0 aromatic heterocycles. The molecule has 26 heavy (non-hydrogen) atoms. The van der Waals surface area contributed by atoms with Crippen LogP contribution in [-0.4, -0.2) is 11.4 Å². The van der Waals surface area contributed by atoms with E-state index >= 15 is 0 Å². The van der Waals surface area contributed by atoms with Gasteiger partial charge in [0.25, 0.3) is 0 Å². The molecule has 0 saturated carbocycles. The third-order valence-electron chi connectivity index (χ3n) is 3.38. The van der Waals surface area contributed by atoms with Gasteiger partial charge < -0.3 is 15.8 Å². The van der Waals surface area contributed by atoms with Crippen LogP contribution in [0.4, 0.5) is 13.2 Å². The lowest BCUT2D eigenvalue weighted by atomic mass is 10.1. The van der Waals surface area contributed by atoms with E-state index in [1.54, 1.807) is 38.1 Å². The fourth-order valence-electron chi connectivity index (χ4n) is 1.93. The summed E-state index contributed by atoms with van der Waals surface area (Å²) in [6.07, 6.45) is -4.37. The van der Waals surface area contributed by atoms with Gasteiger partial charge in [0.15, 0.2) is 0 Å². The average Bonchev–Trinajstić information content (AvgIpc) is 2.52. The summed E-state index contributed by atoms with van der Waals surface area (Å²) in [6.45, 7) is 3.55. The van der Waals surface area contributed by atoms with Gasteiger partial charge in [-0.15, -0.1) is 12.4 Å². The Balaban J connectivity index is 0.00000338. The number of nitrogens with one attached hydrogen (secondary N) is 1. The van der Waals surface area contributed by atoms with Gasteiger partial charge in [0, 0.05) is 6.54 Å². The fourth-order valence-corrected chi connectivity index (χ4v) is 1.93. The summed E-state index contributed by atoms with van der Waals surface area (Å²) in [6, 6.07) is 11.3. The number of benzene rings is 2. The van der Waals surface area contributed by atoms with Crippen LogP contribution < -0.4 is 15.8 Å². The first-order chi connectivity index (χ1) is 11.6. The van der Waals surface area contributed by atoms with Crippen molar-refractivity contribution >= 4 is 18.3 Å². The van der Waals surface area contributed by atoms with Crippen molar-refractivity contribution in [3.8, 4) is 11.5 Å². The smallest absolute Gasteiger partial charge is 0.416 e. The van der Waals surface area contributed by atoms with E-state index in [1.807, 2.05) is 0 Å². The highest BCUT2D eigenvalue weighted by Crippen LogP contribution is 2.31. The van der Waals surface area contributed by atoms with Gasteiger partial charge in [-0.3, -0.25) is 4.79 Å². The van der Waals surface area contributed by atoms with E-state index in [2.05, 4.69) is 5.32 Å². The highest BCUT2D eigenvalue weighted by molar-refractivity contribution is 5.85. The van der Waals surface area contributed by atoms with Crippen molar-refractivity contribution in [3.05, 3.63) is 59.7 Å². The van der Waals surface area contributed by atoms with Crippen molar-refractivity contribution in [1.82, 2.24) is 5.32 Å². The molecule has 0 aliphatic rings. The molecule has 4 nitrogen and oxygen atoms in total. The molecule has 8 heteroatoms. The van der Waals surface area contributed by atoms with Crippen molar-refractivity contribution < 1.29 is 22.7 Å². The topological polar surface area (TPSA) is 64.4 Å².